The fourth-order valence-electron chi connectivity index (χ4n) is 2.93. The van der Waals surface area contributed by atoms with Crippen molar-refractivity contribution in [2.75, 3.05) is 0 Å². The maximum absolute atomic E-state index is 12.9. The Morgan fingerprint density at radius 1 is 1.15 bits per heavy atom. The van der Waals surface area contributed by atoms with Crippen molar-refractivity contribution in [3.63, 3.8) is 0 Å². The lowest BCUT2D eigenvalue weighted by molar-refractivity contribution is 0.638. The van der Waals surface area contributed by atoms with Crippen molar-refractivity contribution in [2.45, 2.75) is 30.9 Å². The van der Waals surface area contributed by atoms with Gasteiger partial charge in [0.15, 0.2) is 0 Å². The zero-order valence-electron chi connectivity index (χ0n) is 15.4. The van der Waals surface area contributed by atoms with Crippen LogP contribution in [0.2, 0.25) is 0 Å². The normalized spacial score (nSPS) is 11.4. The highest BCUT2D eigenvalue weighted by Crippen LogP contribution is 2.31. The van der Waals surface area contributed by atoms with Crippen molar-refractivity contribution in [2.24, 2.45) is 20.0 Å². The third-order valence-electron chi connectivity index (χ3n) is 4.23. The number of rotatable bonds is 5. The molecule has 3 aromatic heterocycles. The number of thioether (sulfide) groups is 1. The van der Waals surface area contributed by atoms with E-state index in [0.29, 0.717) is 22.7 Å². The van der Waals surface area contributed by atoms with Crippen LogP contribution in [0.1, 0.15) is 25.0 Å². The van der Waals surface area contributed by atoms with Gasteiger partial charge in [-0.3, -0.25) is 18.9 Å². The first-order valence-electron chi connectivity index (χ1n) is 8.49. The van der Waals surface area contributed by atoms with E-state index in [-0.39, 0.29) is 11.2 Å². The fourth-order valence-corrected chi connectivity index (χ4v) is 4.06. The Kier molecular flexibility index (Phi) is 5.27. The molecule has 0 amide bonds. The summed E-state index contributed by atoms with van der Waals surface area (Å²) in [5.41, 5.74) is 1.89. The molecule has 0 bridgehead atoms. The Bertz CT molecular complexity index is 1060. The van der Waals surface area contributed by atoms with E-state index in [1.165, 1.54) is 11.6 Å². The van der Waals surface area contributed by atoms with E-state index in [0.717, 1.165) is 27.0 Å². The molecular weight excluding hydrogens is 348 g/mol. The van der Waals surface area contributed by atoms with Crippen LogP contribution in [-0.2, 0) is 26.3 Å². The van der Waals surface area contributed by atoms with Gasteiger partial charge in [0.2, 0.25) is 0 Å². The number of aromatic nitrogens is 4. The van der Waals surface area contributed by atoms with Gasteiger partial charge in [-0.15, -0.1) is 11.8 Å². The van der Waals surface area contributed by atoms with Crippen molar-refractivity contribution in [3.05, 3.63) is 62.7 Å². The average Bonchev–Trinajstić information content (AvgIpc) is 2.63. The molecule has 0 N–H and O–H groups in total. The number of pyridine rings is 2. The Balaban J connectivity index is 2.21. The second-order valence-corrected chi connectivity index (χ2v) is 7.75. The summed E-state index contributed by atoms with van der Waals surface area (Å²) >= 11 is 1.60. The van der Waals surface area contributed by atoms with Crippen LogP contribution in [0, 0.1) is 5.92 Å². The number of nitrogens with zero attached hydrogens (tertiary/aromatic N) is 4. The van der Waals surface area contributed by atoms with Gasteiger partial charge >= 0.3 is 5.69 Å². The summed E-state index contributed by atoms with van der Waals surface area (Å²) in [7, 11) is 3.16. The molecule has 26 heavy (non-hydrogen) atoms. The first kappa shape index (κ1) is 18.4. The Morgan fingerprint density at radius 2 is 1.92 bits per heavy atom. The van der Waals surface area contributed by atoms with Crippen molar-refractivity contribution in [1.82, 2.24) is 19.1 Å². The average molecular weight is 370 g/mol. The Hall–Kier alpha value is -2.41. The largest absolute Gasteiger partial charge is 0.332 e. The molecule has 3 rings (SSSR count). The van der Waals surface area contributed by atoms with E-state index in [9.17, 15) is 9.59 Å². The molecule has 0 atom stereocenters. The van der Waals surface area contributed by atoms with E-state index in [2.05, 4.69) is 23.8 Å². The third kappa shape index (κ3) is 3.44. The highest BCUT2D eigenvalue weighted by atomic mass is 32.2. The summed E-state index contributed by atoms with van der Waals surface area (Å²) in [6.45, 7) is 4.28. The molecule has 3 heterocycles. The van der Waals surface area contributed by atoms with Gasteiger partial charge in [0.1, 0.15) is 5.65 Å². The second-order valence-electron chi connectivity index (χ2n) is 6.76. The van der Waals surface area contributed by atoms with Crippen molar-refractivity contribution >= 4 is 22.8 Å². The molecule has 6 nitrogen and oxygen atoms in total. The van der Waals surface area contributed by atoms with Gasteiger partial charge in [-0.25, -0.2) is 9.78 Å². The van der Waals surface area contributed by atoms with Crippen LogP contribution >= 0.6 is 11.8 Å². The second kappa shape index (κ2) is 7.45. The monoisotopic (exact) mass is 370 g/mol. The highest BCUT2D eigenvalue weighted by Gasteiger charge is 2.18. The third-order valence-corrected chi connectivity index (χ3v) is 5.46. The molecule has 7 heteroatoms. The lowest BCUT2D eigenvalue weighted by Crippen LogP contribution is -2.37. The zero-order valence-corrected chi connectivity index (χ0v) is 16.2. The maximum Gasteiger partial charge on any atom is 0.332 e. The van der Waals surface area contributed by atoms with Crippen LogP contribution in [0.4, 0.5) is 0 Å². The molecule has 0 saturated heterocycles. The molecule has 0 aliphatic heterocycles. The van der Waals surface area contributed by atoms with Crippen LogP contribution in [-0.4, -0.2) is 19.1 Å². The Labute approximate surface area is 155 Å². The first-order valence-corrected chi connectivity index (χ1v) is 9.48. The molecule has 0 saturated carbocycles. The van der Waals surface area contributed by atoms with Gasteiger partial charge in [-0.05, 0) is 29.5 Å². The predicted molar refractivity (Wildman–Crippen MR) is 105 cm³/mol. The standard InChI is InChI=1S/C19H22N4O2S/c1-12(2)8-14-10-21-17-15(18(24)23(4)19(25)22(17)3)16(14)26-11-13-6-5-7-20-9-13/h5-7,9-10,12H,8,11H2,1-4H3. The SMILES string of the molecule is CC(C)Cc1cnc2c(c1SCc1cccnc1)c(=O)n(C)c(=O)n2C. The number of hydrogen-bond acceptors (Lipinski definition) is 5. The first-order chi connectivity index (χ1) is 12.4. The summed E-state index contributed by atoms with van der Waals surface area (Å²) in [5.74, 6) is 1.13. The van der Waals surface area contributed by atoms with E-state index >= 15 is 0 Å². The summed E-state index contributed by atoms with van der Waals surface area (Å²) < 4.78 is 2.58. The van der Waals surface area contributed by atoms with Crippen molar-refractivity contribution in [3.8, 4) is 0 Å². The minimum absolute atomic E-state index is 0.296. The summed E-state index contributed by atoms with van der Waals surface area (Å²) in [5, 5.41) is 0.515. The van der Waals surface area contributed by atoms with Crippen LogP contribution in [0.5, 0.6) is 0 Å². The van der Waals surface area contributed by atoms with Crippen molar-refractivity contribution < 1.29 is 0 Å². The van der Waals surface area contributed by atoms with E-state index in [4.69, 9.17) is 0 Å². The van der Waals surface area contributed by atoms with Crippen LogP contribution in [0.3, 0.4) is 0 Å². The molecule has 0 fully saturated rings. The fraction of sp³-hybridized carbons (Fsp3) is 0.368. The van der Waals surface area contributed by atoms with E-state index in [1.807, 2.05) is 18.3 Å². The summed E-state index contributed by atoms with van der Waals surface area (Å²) in [4.78, 5) is 34.6. The smallest absolute Gasteiger partial charge is 0.280 e. The Morgan fingerprint density at radius 3 is 2.58 bits per heavy atom. The summed E-state index contributed by atoms with van der Waals surface area (Å²) in [6.07, 6.45) is 6.19. The highest BCUT2D eigenvalue weighted by molar-refractivity contribution is 7.98. The lowest BCUT2D eigenvalue weighted by Gasteiger charge is -2.15. The minimum atomic E-state index is -0.366. The molecule has 3 aromatic rings. The van der Waals surface area contributed by atoms with Crippen molar-refractivity contribution in [1.29, 1.82) is 0 Å². The molecule has 0 unspecified atom stereocenters. The van der Waals surface area contributed by atoms with Gasteiger partial charge in [0.25, 0.3) is 5.56 Å². The van der Waals surface area contributed by atoms with Crippen LogP contribution < -0.4 is 11.2 Å². The van der Waals surface area contributed by atoms with Crippen LogP contribution in [0.15, 0.2) is 45.2 Å². The van der Waals surface area contributed by atoms with Gasteiger partial charge < -0.3 is 0 Å². The molecule has 0 radical (unpaired) electrons. The van der Waals surface area contributed by atoms with Crippen LogP contribution in [0.25, 0.3) is 11.0 Å². The molecule has 0 spiro atoms. The molecule has 0 aliphatic carbocycles. The van der Waals surface area contributed by atoms with Gasteiger partial charge in [-0.2, -0.15) is 0 Å². The number of aryl methyl sites for hydroxylation is 1. The van der Waals surface area contributed by atoms with E-state index < -0.39 is 0 Å². The lowest BCUT2D eigenvalue weighted by atomic mass is 10.0. The van der Waals surface area contributed by atoms with Gasteiger partial charge in [-0.1, -0.05) is 19.9 Å². The molecule has 0 aromatic carbocycles. The number of hydrogen-bond donors (Lipinski definition) is 0. The quantitative estimate of drug-likeness (QED) is 0.646. The number of fused-ring (bicyclic) bond motifs is 1. The molecule has 136 valence electrons. The topological polar surface area (TPSA) is 69.8 Å². The maximum atomic E-state index is 12.9. The minimum Gasteiger partial charge on any atom is -0.280 e. The zero-order chi connectivity index (χ0) is 18.8. The molecular formula is C19H22N4O2S. The van der Waals surface area contributed by atoms with E-state index in [1.54, 1.807) is 31.2 Å². The molecule has 0 aliphatic rings. The summed E-state index contributed by atoms with van der Waals surface area (Å²) in [6, 6.07) is 3.91. The van der Waals surface area contributed by atoms with Gasteiger partial charge in [0, 0.05) is 43.3 Å². The predicted octanol–water partition coefficient (Wildman–Crippen LogP) is 2.52. The van der Waals surface area contributed by atoms with Gasteiger partial charge in [0.05, 0.1) is 5.39 Å².